The van der Waals surface area contributed by atoms with Crippen LogP contribution in [0.5, 0.6) is 0 Å². The summed E-state index contributed by atoms with van der Waals surface area (Å²) in [6, 6.07) is 8.07. The lowest BCUT2D eigenvalue weighted by Gasteiger charge is -2.32. The highest BCUT2D eigenvalue weighted by Gasteiger charge is 2.52. The number of hydrogen-bond donors (Lipinski definition) is 1. The van der Waals surface area contributed by atoms with Gasteiger partial charge >= 0.3 is 7.12 Å². The van der Waals surface area contributed by atoms with Gasteiger partial charge in [0.1, 0.15) is 0 Å². The van der Waals surface area contributed by atoms with Gasteiger partial charge in [-0.05, 0) is 44.3 Å². The van der Waals surface area contributed by atoms with Crippen LogP contribution in [0.4, 0.5) is 0 Å². The van der Waals surface area contributed by atoms with Crippen LogP contribution in [0.1, 0.15) is 38.8 Å². The molecule has 2 rings (SSSR count). The third-order valence-electron chi connectivity index (χ3n) is 4.28. The summed E-state index contributed by atoms with van der Waals surface area (Å²) >= 11 is 10.4. The number of alkyl halides is 1. The van der Waals surface area contributed by atoms with Crippen LogP contribution >= 0.6 is 24.2 Å². The second-order valence-electron chi connectivity index (χ2n) is 6.30. The highest BCUT2D eigenvalue weighted by molar-refractivity contribution is 7.80. The third kappa shape index (κ3) is 3.50. The van der Waals surface area contributed by atoms with Crippen LogP contribution in [0.3, 0.4) is 0 Å². The molecule has 0 N–H and O–H groups in total. The summed E-state index contributed by atoms with van der Waals surface area (Å²) in [6.45, 7) is 8.21. The molecule has 5 heteroatoms. The first-order valence-corrected chi connectivity index (χ1v) is 8.28. The van der Waals surface area contributed by atoms with E-state index in [0.29, 0.717) is 11.6 Å². The molecule has 0 bridgehead atoms. The van der Waals surface area contributed by atoms with E-state index in [9.17, 15) is 0 Å². The molecule has 0 saturated carbocycles. The van der Waals surface area contributed by atoms with Crippen LogP contribution in [-0.2, 0) is 15.2 Å². The average molecular weight is 325 g/mol. The van der Waals surface area contributed by atoms with Crippen molar-refractivity contribution in [2.45, 2.75) is 44.8 Å². The van der Waals surface area contributed by atoms with Crippen LogP contribution in [0.25, 0.3) is 6.08 Å². The first-order valence-electron chi connectivity index (χ1n) is 7.11. The van der Waals surface area contributed by atoms with E-state index in [4.69, 9.17) is 20.9 Å². The van der Waals surface area contributed by atoms with Gasteiger partial charge in [0.05, 0.1) is 11.2 Å². The Morgan fingerprint density at radius 1 is 1.19 bits per heavy atom. The molecule has 0 amide bonds. The molecule has 1 aromatic carbocycles. The van der Waals surface area contributed by atoms with Crippen LogP contribution in [-0.4, -0.2) is 24.1 Å². The predicted molar refractivity (Wildman–Crippen MR) is 93.9 cm³/mol. The Morgan fingerprint density at radius 3 is 2.29 bits per heavy atom. The van der Waals surface area contributed by atoms with Crippen molar-refractivity contribution in [2.24, 2.45) is 0 Å². The predicted octanol–water partition coefficient (Wildman–Crippen LogP) is 4.37. The molecule has 0 unspecified atom stereocenters. The highest BCUT2D eigenvalue weighted by atomic mass is 35.5. The molecule has 0 radical (unpaired) electrons. The van der Waals surface area contributed by atoms with Crippen molar-refractivity contribution in [1.82, 2.24) is 0 Å². The Kier molecular flexibility index (Phi) is 5.14. The van der Waals surface area contributed by atoms with Crippen molar-refractivity contribution in [3.63, 3.8) is 0 Å². The van der Waals surface area contributed by atoms with Gasteiger partial charge < -0.3 is 9.31 Å². The smallest absolute Gasteiger partial charge is 0.400 e. The average Bonchev–Trinajstić information content (AvgIpc) is 2.65. The lowest BCUT2D eigenvalue weighted by atomic mass is 9.78. The minimum atomic E-state index is -0.365. The van der Waals surface area contributed by atoms with Gasteiger partial charge in [-0.3, -0.25) is 0 Å². The normalized spacial score (nSPS) is 20.9. The van der Waals surface area contributed by atoms with Gasteiger partial charge in [0.15, 0.2) is 0 Å². The fourth-order valence-corrected chi connectivity index (χ4v) is 2.66. The summed E-state index contributed by atoms with van der Waals surface area (Å²) in [6.07, 6.45) is 2.08. The van der Waals surface area contributed by atoms with Gasteiger partial charge in [0.25, 0.3) is 0 Å². The maximum atomic E-state index is 6.09. The van der Waals surface area contributed by atoms with Gasteiger partial charge in [-0.25, -0.2) is 0 Å². The zero-order valence-electron chi connectivity index (χ0n) is 13.0. The molecule has 1 saturated heterocycles. The molecule has 0 spiro atoms. The van der Waals surface area contributed by atoms with Crippen molar-refractivity contribution < 1.29 is 9.31 Å². The quantitative estimate of drug-likeness (QED) is 0.503. The van der Waals surface area contributed by atoms with E-state index in [0.717, 1.165) is 16.6 Å². The Labute approximate surface area is 138 Å². The standard InChI is InChI=1S/C16H22BClO2S/c1-15(2)16(3,4)20-17(19-15)14(11-21)9-12-7-5-6-8-13(12)10-18/h5-9,21H,10-11H2,1-4H3. The molecule has 21 heavy (non-hydrogen) atoms. The minimum Gasteiger partial charge on any atom is -0.400 e. The van der Waals surface area contributed by atoms with E-state index in [1.165, 1.54) is 0 Å². The van der Waals surface area contributed by atoms with Crippen molar-refractivity contribution in [2.75, 3.05) is 5.75 Å². The SMILES string of the molecule is CC1(C)OB(C(=Cc2ccccc2CCl)CS)OC1(C)C. The van der Waals surface area contributed by atoms with E-state index in [1.807, 2.05) is 24.3 Å². The maximum Gasteiger partial charge on any atom is 0.491 e. The molecule has 2 nitrogen and oxygen atoms in total. The first kappa shape index (κ1) is 16.9. The molecule has 0 aliphatic carbocycles. The fourth-order valence-electron chi connectivity index (χ4n) is 2.18. The first-order chi connectivity index (χ1) is 9.80. The fraction of sp³-hybridized carbons (Fsp3) is 0.500. The summed E-state index contributed by atoms with van der Waals surface area (Å²) in [7, 11) is -0.365. The summed E-state index contributed by atoms with van der Waals surface area (Å²) in [5.41, 5.74) is 2.51. The van der Waals surface area contributed by atoms with E-state index in [1.54, 1.807) is 0 Å². The summed E-state index contributed by atoms with van der Waals surface area (Å²) < 4.78 is 12.2. The number of rotatable bonds is 4. The molecule has 114 valence electrons. The van der Waals surface area contributed by atoms with Crippen LogP contribution < -0.4 is 0 Å². The number of benzene rings is 1. The van der Waals surface area contributed by atoms with Crippen LogP contribution in [0, 0.1) is 0 Å². The topological polar surface area (TPSA) is 18.5 Å². The molecule has 1 aliphatic rings. The van der Waals surface area contributed by atoms with Crippen LogP contribution in [0.2, 0.25) is 0 Å². The molecular weight excluding hydrogens is 303 g/mol. The van der Waals surface area contributed by atoms with E-state index in [-0.39, 0.29) is 18.3 Å². The number of halogens is 1. The molecule has 0 atom stereocenters. The highest BCUT2D eigenvalue weighted by Crippen LogP contribution is 2.39. The second-order valence-corrected chi connectivity index (χ2v) is 6.88. The Hall–Kier alpha value is -0.415. The number of hydrogen-bond acceptors (Lipinski definition) is 3. The monoisotopic (exact) mass is 324 g/mol. The molecule has 1 aromatic rings. The molecule has 1 fully saturated rings. The summed E-state index contributed by atoms with van der Waals surface area (Å²) in [4.78, 5) is 0. The van der Waals surface area contributed by atoms with E-state index >= 15 is 0 Å². The van der Waals surface area contributed by atoms with Gasteiger partial charge in [-0.1, -0.05) is 30.3 Å². The Bertz CT molecular complexity index is 527. The zero-order valence-corrected chi connectivity index (χ0v) is 14.7. The lowest BCUT2D eigenvalue weighted by molar-refractivity contribution is 0.00578. The third-order valence-corrected chi connectivity index (χ3v) is 4.93. The van der Waals surface area contributed by atoms with Gasteiger partial charge in [-0.15, -0.1) is 11.6 Å². The van der Waals surface area contributed by atoms with Crippen molar-refractivity contribution in [1.29, 1.82) is 0 Å². The Morgan fingerprint density at radius 2 is 1.76 bits per heavy atom. The van der Waals surface area contributed by atoms with Gasteiger partial charge in [0, 0.05) is 11.6 Å². The van der Waals surface area contributed by atoms with Gasteiger partial charge in [0.2, 0.25) is 0 Å². The van der Waals surface area contributed by atoms with E-state index in [2.05, 4.69) is 46.4 Å². The molecular formula is C16H22BClO2S. The molecule has 1 aliphatic heterocycles. The van der Waals surface area contributed by atoms with E-state index < -0.39 is 0 Å². The van der Waals surface area contributed by atoms with Gasteiger partial charge in [-0.2, -0.15) is 12.6 Å². The largest absolute Gasteiger partial charge is 0.491 e. The van der Waals surface area contributed by atoms with Crippen LogP contribution in [0.15, 0.2) is 29.7 Å². The minimum absolute atomic E-state index is 0.342. The number of thiol groups is 1. The van der Waals surface area contributed by atoms with Crippen molar-refractivity contribution >= 4 is 37.4 Å². The van der Waals surface area contributed by atoms with Crippen molar-refractivity contribution in [3.8, 4) is 0 Å². The maximum absolute atomic E-state index is 6.09. The summed E-state index contributed by atoms with van der Waals surface area (Å²) in [5, 5.41) is 0. The molecule has 1 heterocycles. The zero-order chi connectivity index (χ0) is 15.7. The summed E-state index contributed by atoms with van der Waals surface area (Å²) in [5.74, 6) is 1.06. The molecule has 0 aromatic heterocycles. The Balaban J connectivity index is 2.31. The van der Waals surface area contributed by atoms with Crippen molar-refractivity contribution in [3.05, 3.63) is 40.9 Å². The lowest BCUT2D eigenvalue weighted by Crippen LogP contribution is -2.41. The second kappa shape index (κ2) is 6.37.